The van der Waals surface area contributed by atoms with Gasteiger partial charge in [-0.05, 0) is 48.4 Å². The number of aromatic nitrogens is 2. The van der Waals surface area contributed by atoms with Gasteiger partial charge in [0, 0.05) is 6.20 Å². The summed E-state index contributed by atoms with van der Waals surface area (Å²) in [6, 6.07) is 7.07. The van der Waals surface area contributed by atoms with E-state index in [9.17, 15) is 13.2 Å². The average molecular weight is 470 g/mol. The Morgan fingerprint density at radius 2 is 1.94 bits per heavy atom. The summed E-state index contributed by atoms with van der Waals surface area (Å²) in [6.45, 7) is 2.72. The first-order valence-corrected chi connectivity index (χ1v) is 10.6. The number of halogens is 3. The van der Waals surface area contributed by atoms with Crippen LogP contribution in [-0.2, 0) is 9.57 Å². The molecule has 1 atom stereocenters. The Morgan fingerprint density at radius 1 is 1.15 bits per heavy atom. The van der Waals surface area contributed by atoms with Gasteiger partial charge in [0.05, 0.1) is 37.4 Å². The number of amidine groups is 1. The lowest BCUT2D eigenvalue weighted by Crippen LogP contribution is -2.46. The minimum atomic E-state index is -1.50. The molecule has 3 aromatic rings. The molecule has 0 spiro atoms. The van der Waals surface area contributed by atoms with Gasteiger partial charge in [0.1, 0.15) is 19.0 Å². The Labute approximate surface area is 193 Å². The van der Waals surface area contributed by atoms with Crippen molar-refractivity contribution in [2.75, 3.05) is 26.9 Å². The second-order valence-electron chi connectivity index (χ2n) is 7.93. The SMILES string of the molecule is COc1cc(/C=C2/OCCN3C2=NOCC3c2cc(F)c(F)c(F)c2)ccc1-n1cnc(C)c1. The lowest BCUT2D eigenvalue weighted by atomic mass is 10.0. The predicted octanol–water partition coefficient (Wildman–Crippen LogP) is 4.36. The number of hydrogen-bond donors (Lipinski definition) is 0. The molecule has 3 heterocycles. The summed E-state index contributed by atoms with van der Waals surface area (Å²) in [5.74, 6) is -2.53. The fourth-order valence-corrected chi connectivity index (χ4v) is 4.08. The molecule has 34 heavy (non-hydrogen) atoms. The average Bonchev–Trinajstić information content (AvgIpc) is 3.28. The number of oxime groups is 1. The van der Waals surface area contributed by atoms with Gasteiger partial charge in [-0.1, -0.05) is 11.2 Å². The highest BCUT2D eigenvalue weighted by Gasteiger charge is 2.35. The molecule has 2 aromatic carbocycles. The first kappa shape index (κ1) is 21.9. The molecule has 0 amide bonds. The summed E-state index contributed by atoms with van der Waals surface area (Å²) in [5, 5.41) is 4.12. The number of morpholine rings is 1. The number of imidazole rings is 1. The topological polar surface area (TPSA) is 61.1 Å². The van der Waals surface area contributed by atoms with Crippen molar-refractivity contribution < 1.29 is 27.5 Å². The van der Waals surface area contributed by atoms with E-state index in [1.54, 1.807) is 19.5 Å². The zero-order chi connectivity index (χ0) is 23.8. The van der Waals surface area contributed by atoms with E-state index < -0.39 is 23.5 Å². The van der Waals surface area contributed by atoms with Crippen molar-refractivity contribution >= 4 is 11.9 Å². The third-order valence-electron chi connectivity index (χ3n) is 5.72. The van der Waals surface area contributed by atoms with Crippen LogP contribution in [0.3, 0.4) is 0 Å². The number of methoxy groups -OCH3 is 1. The molecular weight excluding hydrogens is 449 g/mol. The molecule has 2 aliphatic rings. The monoisotopic (exact) mass is 470 g/mol. The van der Waals surface area contributed by atoms with Crippen LogP contribution in [0.4, 0.5) is 13.2 Å². The van der Waals surface area contributed by atoms with Crippen molar-refractivity contribution in [3.8, 4) is 11.4 Å². The van der Waals surface area contributed by atoms with Crippen LogP contribution >= 0.6 is 0 Å². The third kappa shape index (κ3) is 3.95. The van der Waals surface area contributed by atoms with Crippen molar-refractivity contribution in [2.24, 2.45) is 5.16 Å². The number of fused-ring (bicyclic) bond motifs is 1. The normalized spacial score (nSPS) is 18.7. The molecule has 10 heteroatoms. The van der Waals surface area contributed by atoms with E-state index in [4.69, 9.17) is 14.3 Å². The molecule has 0 aliphatic carbocycles. The van der Waals surface area contributed by atoms with E-state index in [2.05, 4.69) is 10.1 Å². The molecule has 5 rings (SSSR count). The number of nitrogens with zero attached hydrogens (tertiary/aromatic N) is 4. The van der Waals surface area contributed by atoms with Gasteiger partial charge in [0.15, 0.2) is 23.2 Å². The number of rotatable bonds is 4. The highest BCUT2D eigenvalue weighted by molar-refractivity contribution is 6.01. The highest BCUT2D eigenvalue weighted by atomic mass is 19.2. The van der Waals surface area contributed by atoms with Crippen molar-refractivity contribution in [1.29, 1.82) is 0 Å². The van der Waals surface area contributed by atoms with Gasteiger partial charge in [-0.15, -0.1) is 0 Å². The quantitative estimate of drug-likeness (QED) is 0.530. The van der Waals surface area contributed by atoms with E-state index in [0.29, 0.717) is 30.5 Å². The van der Waals surface area contributed by atoms with Gasteiger partial charge in [-0.2, -0.15) is 0 Å². The molecule has 0 saturated carbocycles. The van der Waals surface area contributed by atoms with Gasteiger partial charge < -0.3 is 23.8 Å². The van der Waals surface area contributed by atoms with Crippen molar-refractivity contribution in [3.63, 3.8) is 0 Å². The highest BCUT2D eigenvalue weighted by Crippen LogP contribution is 2.32. The number of ether oxygens (including phenoxy) is 2. The van der Waals surface area contributed by atoms with Crippen LogP contribution in [0.2, 0.25) is 0 Å². The summed E-state index contributed by atoms with van der Waals surface area (Å²) in [7, 11) is 1.59. The molecule has 1 unspecified atom stereocenters. The second kappa shape index (κ2) is 8.77. The van der Waals surface area contributed by atoms with Crippen LogP contribution in [0.25, 0.3) is 11.8 Å². The molecule has 1 fully saturated rings. The number of aryl methyl sites for hydroxylation is 1. The van der Waals surface area contributed by atoms with E-state index in [-0.39, 0.29) is 12.2 Å². The fraction of sp³-hybridized carbons (Fsp3) is 0.250. The molecule has 2 aliphatic heterocycles. The molecule has 0 bridgehead atoms. The molecule has 7 nitrogen and oxygen atoms in total. The number of hydrogen-bond acceptors (Lipinski definition) is 6. The molecule has 1 saturated heterocycles. The third-order valence-corrected chi connectivity index (χ3v) is 5.72. The van der Waals surface area contributed by atoms with E-state index >= 15 is 0 Å². The number of benzene rings is 2. The Kier molecular flexibility index (Phi) is 5.64. The Bertz CT molecular complexity index is 1280. The lowest BCUT2D eigenvalue weighted by molar-refractivity contribution is 0.0347. The summed E-state index contributed by atoms with van der Waals surface area (Å²) >= 11 is 0. The maximum atomic E-state index is 13.9. The van der Waals surface area contributed by atoms with Gasteiger partial charge in [-0.25, -0.2) is 18.2 Å². The van der Waals surface area contributed by atoms with Crippen LogP contribution in [0.1, 0.15) is 22.9 Å². The van der Waals surface area contributed by atoms with Crippen LogP contribution in [0.5, 0.6) is 5.75 Å². The van der Waals surface area contributed by atoms with E-state index in [0.717, 1.165) is 29.1 Å². The Balaban J connectivity index is 1.46. The lowest BCUT2D eigenvalue weighted by Gasteiger charge is -2.39. The zero-order valence-electron chi connectivity index (χ0n) is 18.5. The Hall–Kier alpha value is -3.95. The molecule has 1 aromatic heterocycles. The van der Waals surface area contributed by atoms with Gasteiger partial charge in [-0.3, -0.25) is 0 Å². The van der Waals surface area contributed by atoms with Crippen molar-refractivity contribution in [1.82, 2.24) is 14.5 Å². The summed E-state index contributed by atoms with van der Waals surface area (Å²) < 4.78 is 54.4. The van der Waals surface area contributed by atoms with Crippen LogP contribution in [0, 0.1) is 24.4 Å². The van der Waals surface area contributed by atoms with Gasteiger partial charge >= 0.3 is 0 Å². The van der Waals surface area contributed by atoms with Gasteiger partial charge in [0.2, 0.25) is 5.84 Å². The minimum absolute atomic E-state index is 0.0636. The Morgan fingerprint density at radius 3 is 2.65 bits per heavy atom. The van der Waals surface area contributed by atoms with Crippen LogP contribution in [-0.4, -0.2) is 47.2 Å². The molecular formula is C24H21F3N4O3. The fourth-order valence-electron chi connectivity index (χ4n) is 4.08. The summed E-state index contributed by atoms with van der Waals surface area (Å²) in [5.41, 5.74) is 2.76. The van der Waals surface area contributed by atoms with Crippen molar-refractivity contribution in [2.45, 2.75) is 13.0 Å². The molecule has 0 N–H and O–H groups in total. The second-order valence-corrected chi connectivity index (χ2v) is 7.93. The molecule has 176 valence electrons. The predicted molar refractivity (Wildman–Crippen MR) is 118 cm³/mol. The zero-order valence-corrected chi connectivity index (χ0v) is 18.5. The first-order chi connectivity index (χ1) is 16.4. The van der Waals surface area contributed by atoms with Crippen molar-refractivity contribution in [3.05, 3.63) is 82.9 Å². The van der Waals surface area contributed by atoms with Gasteiger partial charge in [0.25, 0.3) is 0 Å². The molecule has 0 radical (unpaired) electrons. The van der Waals surface area contributed by atoms with E-state index in [1.807, 2.05) is 40.8 Å². The minimum Gasteiger partial charge on any atom is -0.495 e. The van der Waals surface area contributed by atoms with E-state index in [1.165, 1.54) is 0 Å². The summed E-state index contributed by atoms with van der Waals surface area (Å²) in [6.07, 6.45) is 5.39. The maximum Gasteiger partial charge on any atom is 0.211 e. The van der Waals surface area contributed by atoms with Crippen LogP contribution in [0.15, 0.2) is 53.8 Å². The maximum absolute atomic E-state index is 13.9. The smallest absolute Gasteiger partial charge is 0.211 e. The summed E-state index contributed by atoms with van der Waals surface area (Å²) in [4.78, 5) is 11.4. The first-order valence-electron chi connectivity index (χ1n) is 10.6. The van der Waals surface area contributed by atoms with Crippen LogP contribution < -0.4 is 4.74 Å². The standard InChI is InChI=1S/C24H21F3N4O3/c1-14-11-30(13-28-14)19-4-3-15(7-21(19)32-2)8-22-24-29-34-12-20(31(24)5-6-33-22)16-9-17(25)23(27)18(26)10-16/h3-4,7-11,13,20H,5-6,12H2,1-2H3/b22-8+. The largest absolute Gasteiger partial charge is 0.495 e.